The van der Waals surface area contributed by atoms with Gasteiger partial charge in [-0.1, -0.05) is 42.5 Å². The van der Waals surface area contributed by atoms with E-state index in [2.05, 4.69) is 4.72 Å². The van der Waals surface area contributed by atoms with Crippen molar-refractivity contribution in [3.8, 4) is 5.75 Å². The van der Waals surface area contributed by atoms with Crippen LogP contribution in [0.5, 0.6) is 5.75 Å². The van der Waals surface area contributed by atoms with Crippen LogP contribution in [0.2, 0.25) is 0 Å². The normalized spacial score (nSPS) is 11.0. The second kappa shape index (κ2) is 7.78. The molecule has 0 fully saturated rings. The van der Waals surface area contributed by atoms with Gasteiger partial charge in [0, 0.05) is 0 Å². The second-order valence-electron chi connectivity index (χ2n) is 5.10. The van der Waals surface area contributed by atoms with Gasteiger partial charge in [-0.05, 0) is 29.7 Å². The lowest BCUT2D eigenvalue weighted by Gasteiger charge is -2.07. The molecule has 0 bridgehead atoms. The maximum atomic E-state index is 12.0. The van der Waals surface area contributed by atoms with E-state index in [0.29, 0.717) is 12.2 Å². The predicted molar refractivity (Wildman–Crippen MR) is 88.8 cm³/mol. The SMILES string of the molecule is COc1ccc(CC(=O)NS(=O)(=O)CCc2ccccc2)cc1. The van der Waals surface area contributed by atoms with Crippen LogP contribution in [0, 0.1) is 0 Å². The van der Waals surface area contributed by atoms with Crippen LogP contribution in [0.3, 0.4) is 0 Å². The van der Waals surface area contributed by atoms with Crippen LogP contribution < -0.4 is 9.46 Å². The number of rotatable bonds is 7. The molecule has 1 amide bonds. The molecule has 1 N–H and O–H groups in total. The molecule has 0 aromatic heterocycles. The third-order valence-electron chi connectivity index (χ3n) is 3.30. The van der Waals surface area contributed by atoms with Crippen molar-refractivity contribution in [1.82, 2.24) is 4.72 Å². The number of ether oxygens (including phenoxy) is 1. The molecule has 0 saturated heterocycles. The van der Waals surface area contributed by atoms with Gasteiger partial charge in [0.1, 0.15) is 5.75 Å². The van der Waals surface area contributed by atoms with E-state index in [0.717, 1.165) is 11.1 Å². The van der Waals surface area contributed by atoms with E-state index in [-0.39, 0.29) is 12.2 Å². The summed E-state index contributed by atoms with van der Waals surface area (Å²) < 4.78 is 31.0. The van der Waals surface area contributed by atoms with Crippen molar-refractivity contribution < 1.29 is 17.9 Å². The summed E-state index contributed by atoms with van der Waals surface area (Å²) in [4.78, 5) is 11.9. The first-order chi connectivity index (χ1) is 11.0. The number of carbonyl (C=O) groups excluding carboxylic acids is 1. The van der Waals surface area contributed by atoms with Crippen molar-refractivity contribution in [2.24, 2.45) is 0 Å². The van der Waals surface area contributed by atoms with Crippen LogP contribution in [0.15, 0.2) is 54.6 Å². The van der Waals surface area contributed by atoms with Gasteiger partial charge < -0.3 is 4.74 Å². The largest absolute Gasteiger partial charge is 0.497 e. The maximum absolute atomic E-state index is 12.0. The Hall–Kier alpha value is -2.34. The lowest BCUT2D eigenvalue weighted by molar-refractivity contribution is -0.118. The van der Waals surface area contributed by atoms with Crippen LogP contribution >= 0.6 is 0 Å². The number of sulfonamides is 1. The number of carbonyl (C=O) groups is 1. The molecule has 5 nitrogen and oxygen atoms in total. The van der Waals surface area contributed by atoms with Gasteiger partial charge in [0.2, 0.25) is 15.9 Å². The summed E-state index contributed by atoms with van der Waals surface area (Å²) in [6, 6.07) is 16.2. The van der Waals surface area contributed by atoms with Crippen LogP contribution in [0.1, 0.15) is 11.1 Å². The van der Waals surface area contributed by atoms with Crippen LogP contribution in [-0.2, 0) is 27.7 Å². The van der Waals surface area contributed by atoms with E-state index in [9.17, 15) is 13.2 Å². The van der Waals surface area contributed by atoms with Gasteiger partial charge in [-0.2, -0.15) is 0 Å². The Morgan fingerprint density at radius 2 is 1.65 bits per heavy atom. The number of hydrogen-bond acceptors (Lipinski definition) is 4. The third-order valence-corrected chi connectivity index (χ3v) is 4.58. The minimum Gasteiger partial charge on any atom is -0.497 e. The van der Waals surface area contributed by atoms with Crippen molar-refractivity contribution in [3.05, 3.63) is 65.7 Å². The van der Waals surface area contributed by atoms with E-state index in [1.807, 2.05) is 30.3 Å². The molecule has 0 aliphatic heterocycles. The third kappa shape index (κ3) is 5.75. The Balaban J connectivity index is 1.87. The zero-order valence-electron chi connectivity index (χ0n) is 12.9. The molecule has 2 aromatic rings. The summed E-state index contributed by atoms with van der Waals surface area (Å²) in [5.41, 5.74) is 1.64. The minimum atomic E-state index is -3.64. The molecule has 0 radical (unpaired) electrons. The summed E-state index contributed by atoms with van der Waals surface area (Å²) in [6.07, 6.45) is 0.376. The molecule has 0 aliphatic rings. The minimum absolute atomic E-state index is 0.00849. The Morgan fingerprint density at radius 1 is 1.00 bits per heavy atom. The van der Waals surface area contributed by atoms with E-state index in [4.69, 9.17) is 4.74 Å². The molecule has 0 spiro atoms. The Bertz CT molecular complexity index is 740. The highest BCUT2D eigenvalue weighted by molar-refractivity contribution is 7.90. The second-order valence-corrected chi connectivity index (χ2v) is 6.95. The number of methoxy groups -OCH3 is 1. The summed E-state index contributed by atoms with van der Waals surface area (Å²) in [6.45, 7) is 0. The van der Waals surface area contributed by atoms with Gasteiger partial charge in [-0.3, -0.25) is 9.52 Å². The zero-order chi connectivity index (χ0) is 16.7. The highest BCUT2D eigenvalue weighted by atomic mass is 32.2. The quantitative estimate of drug-likeness (QED) is 0.840. The molecule has 2 aromatic carbocycles. The maximum Gasteiger partial charge on any atom is 0.237 e. The fourth-order valence-corrected chi connectivity index (χ4v) is 3.11. The summed E-state index contributed by atoms with van der Waals surface area (Å²) >= 11 is 0. The Labute approximate surface area is 136 Å². The lowest BCUT2D eigenvalue weighted by atomic mass is 10.1. The van der Waals surface area contributed by atoms with Gasteiger partial charge in [0.05, 0.1) is 19.3 Å². The molecule has 0 saturated carbocycles. The number of hydrogen-bond donors (Lipinski definition) is 1. The van der Waals surface area contributed by atoms with Gasteiger partial charge in [0.25, 0.3) is 0 Å². The monoisotopic (exact) mass is 333 g/mol. The molecular formula is C17H19NO4S. The van der Waals surface area contributed by atoms with Crippen LogP contribution in [0.4, 0.5) is 0 Å². The molecule has 0 heterocycles. The van der Waals surface area contributed by atoms with Crippen molar-refractivity contribution in [3.63, 3.8) is 0 Å². The highest BCUT2D eigenvalue weighted by Crippen LogP contribution is 2.11. The average molecular weight is 333 g/mol. The standard InChI is InChI=1S/C17H19NO4S/c1-22-16-9-7-15(8-10-16)13-17(19)18-23(20,21)12-11-14-5-3-2-4-6-14/h2-10H,11-13H2,1H3,(H,18,19). The number of amides is 1. The van der Waals surface area contributed by atoms with Crippen molar-refractivity contribution in [1.29, 1.82) is 0 Å². The predicted octanol–water partition coefficient (Wildman–Crippen LogP) is 1.93. The van der Waals surface area contributed by atoms with E-state index >= 15 is 0 Å². The van der Waals surface area contributed by atoms with E-state index in [1.165, 1.54) is 0 Å². The van der Waals surface area contributed by atoms with Crippen molar-refractivity contribution >= 4 is 15.9 Å². The smallest absolute Gasteiger partial charge is 0.237 e. The number of aryl methyl sites for hydroxylation is 1. The van der Waals surface area contributed by atoms with Gasteiger partial charge >= 0.3 is 0 Å². The summed E-state index contributed by atoms with van der Waals surface area (Å²) in [5, 5.41) is 0. The van der Waals surface area contributed by atoms with Gasteiger partial charge in [-0.15, -0.1) is 0 Å². The van der Waals surface area contributed by atoms with Gasteiger partial charge in [-0.25, -0.2) is 8.42 Å². The first-order valence-electron chi connectivity index (χ1n) is 7.19. The summed E-state index contributed by atoms with van der Waals surface area (Å²) in [5.74, 6) is 0.0265. The molecule has 0 atom stereocenters. The van der Waals surface area contributed by atoms with E-state index < -0.39 is 15.9 Å². The highest BCUT2D eigenvalue weighted by Gasteiger charge is 2.15. The van der Waals surface area contributed by atoms with Crippen LogP contribution in [0.25, 0.3) is 0 Å². The van der Waals surface area contributed by atoms with Crippen molar-refractivity contribution in [2.45, 2.75) is 12.8 Å². The van der Waals surface area contributed by atoms with Crippen LogP contribution in [-0.4, -0.2) is 27.2 Å². The fourth-order valence-electron chi connectivity index (χ4n) is 2.09. The summed E-state index contributed by atoms with van der Waals surface area (Å²) in [7, 11) is -2.08. The Kier molecular flexibility index (Phi) is 5.76. The molecule has 0 aliphatic carbocycles. The van der Waals surface area contributed by atoms with Gasteiger partial charge in [0.15, 0.2) is 0 Å². The first kappa shape index (κ1) is 17.0. The topological polar surface area (TPSA) is 72.5 Å². The molecule has 122 valence electrons. The first-order valence-corrected chi connectivity index (χ1v) is 8.84. The lowest BCUT2D eigenvalue weighted by Crippen LogP contribution is -2.34. The molecule has 2 rings (SSSR count). The number of nitrogens with one attached hydrogen (secondary N) is 1. The molecule has 6 heteroatoms. The molecule has 23 heavy (non-hydrogen) atoms. The van der Waals surface area contributed by atoms with E-state index in [1.54, 1.807) is 31.4 Å². The molecule has 0 unspecified atom stereocenters. The van der Waals surface area contributed by atoms with Crippen molar-refractivity contribution in [2.75, 3.05) is 12.9 Å². The average Bonchev–Trinajstić information content (AvgIpc) is 2.54. The Morgan fingerprint density at radius 3 is 2.26 bits per heavy atom. The number of benzene rings is 2. The fraction of sp³-hybridized carbons (Fsp3) is 0.235. The molecular weight excluding hydrogens is 314 g/mol. The zero-order valence-corrected chi connectivity index (χ0v) is 13.7.